The molecule has 0 spiro atoms. The van der Waals surface area contributed by atoms with Crippen molar-refractivity contribution in [2.24, 2.45) is 5.41 Å². The second kappa shape index (κ2) is 11.4. The van der Waals surface area contributed by atoms with E-state index >= 15 is 0 Å². The highest BCUT2D eigenvalue weighted by Gasteiger charge is 2.27. The molecule has 0 aliphatic heterocycles. The molecule has 0 atom stereocenters. The molecule has 41 heavy (non-hydrogen) atoms. The van der Waals surface area contributed by atoms with Gasteiger partial charge in [0.2, 0.25) is 0 Å². The van der Waals surface area contributed by atoms with E-state index in [2.05, 4.69) is 175 Å². The number of rotatable bonds is 7. The van der Waals surface area contributed by atoms with E-state index in [0.717, 1.165) is 23.5 Å². The first-order valence-electron chi connectivity index (χ1n) is 14.7. The zero-order valence-corrected chi connectivity index (χ0v) is 25.7. The Morgan fingerprint density at radius 1 is 0.415 bits per heavy atom. The van der Waals surface area contributed by atoms with Gasteiger partial charge in [-0.15, -0.1) is 0 Å². The number of anilines is 3. The first kappa shape index (κ1) is 28.4. The van der Waals surface area contributed by atoms with E-state index in [9.17, 15) is 0 Å². The lowest BCUT2D eigenvalue weighted by molar-refractivity contribution is 0.284. The van der Waals surface area contributed by atoms with Gasteiger partial charge in [-0.2, -0.15) is 0 Å². The molecule has 0 heterocycles. The highest BCUT2D eigenvalue weighted by molar-refractivity contribution is 5.80. The number of hydrogen-bond acceptors (Lipinski definition) is 1. The quantitative estimate of drug-likeness (QED) is 0.199. The summed E-state index contributed by atoms with van der Waals surface area (Å²) in [5.74, 6) is 0. The first-order chi connectivity index (χ1) is 19.5. The lowest BCUT2D eigenvalue weighted by Crippen LogP contribution is -2.24. The Bertz CT molecular complexity index is 1560. The normalized spacial score (nSPS) is 11.9. The number of hydrogen-bond donors (Lipinski definition) is 0. The van der Waals surface area contributed by atoms with Crippen molar-refractivity contribution >= 4 is 17.1 Å². The summed E-state index contributed by atoms with van der Waals surface area (Å²) >= 11 is 0. The summed E-state index contributed by atoms with van der Waals surface area (Å²) in [7, 11) is 0. The van der Waals surface area contributed by atoms with Gasteiger partial charge < -0.3 is 4.90 Å². The average Bonchev–Trinajstić information content (AvgIpc) is 2.94. The van der Waals surface area contributed by atoms with Gasteiger partial charge in [0, 0.05) is 17.1 Å². The van der Waals surface area contributed by atoms with E-state index in [1.54, 1.807) is 0 Å². The summed E-state index contributed by atoms with van der Waals surface area (Å²) in [6, 6.07) is 44.5. The Balaban J connectivity index is 1.44. The van der Waals surface area contributed by atoms with Gasteiger partial charge in [0.05, 0.1) is 0 Å². The molecule has 1 nitrogen and oxygen atoms in total. The van der Waals surface area contributed by atoms with Crippen LogP contribution in [0.1, 0.15) is 57.7 Å². The largest absolute Gasteiger partial charge is 0.311 e. The topological polar surface area (TPSA) is 3.24 Å². The minimum atomic E-state index is 0.143. The summed E-state index contributed by atoms with van der Waals surface area (Å²) in [5, 5.41) is 0. The molecule has 1 heteroatoms. The molecular formula is C40H43N. The Kier molecular flexibility index (Phi) is 7.91. The zero-order valence-electron chi connectivity index (χ0n) is 25.7. The second-order valence-electron chi connectivity index (χ2n) is 13.3. The van der Waals surface area contributed by atoms with Gasteiger partial charge in [-0.1, -0.05) is 131 Å². The maximum Gasteiger partial charge on any atom is 0.0462 e. The molecule has 0 fully saturated rings. The van der Waals surface area contributed by atoms with Crippen LogP contribution in [0.2, 0.25) is 0 Å². The molecule has 0 unspecified atom stereocenters. The van der Waals surface area contributed by atoms with Gasteiger partial charge in [0.25, 0.3) is 0 Å². The molecule has 0 saturated heterocycles. The summed E-state index contributed by atoms with van der Waals surface area (Å²) < 4.78 is 0. The first-order valence-corrected chi connectivity index (χ1v) is 14.7. The molecule has 0 bridgehead atoms. The van der Waals surface area contributed by atoms with E-state index in [-0.39, 0.29) is 5.41 Å². The lowest BCUT2D eigenvalue weighted by atomic mass is 9.72. The molecule has 0 aliphatic carbocycles. The molecule has 0 saturated carbocycles. The maximum absolute atomic E-state index is 2.36. The van der Waals surface area contributed by atoms with Gasteiger partial charge in [-0.05, 0) is 95.3 Å². The molecule has 5 aromatic rings. The summed E-state index contributed by atoms with van der Waals surface area (Å²) in [6.45, 7) is 15.9. The van der Waals surface area contributed by atoms with Gasteiger partial charge >= 0.3 is 0 Å². The molecule has 5 rings (SSSR count). The monoisotopic (exact) mass is 537 g/mol. The van der Waals surface area contributed by atoms with Crippen molar-refractivity contribution in [1.29, 1.82) is 0 Å². The average molecular weight is 538 g/mol. The van der Waals surface area contributed by atoms with Crippen LogP contribution in [-0.4, -0.2) is 0 Å². The predicted octanol–water partition coefficient (Wildman–Crippen LogP) is 11.8. The summed E-state index contributed by atoms with van der Waals surface area (Å²) in [6.07, 6.45) is 1.15. The third-order valence-electron chi connectivity index (χ3n) is 7.90. The van der Waals surface area contributed by atoms with Crippen LogP contribution in [-0.2, 0) is 5.41 Å². The van der Waals surface area contributed by atoms with Crippen LogP contribution in [0, 0.1) is 19.3 Å². The molecule has 208 valence electrons. The third-order valence-corrected chi connectivity index (χ3v) is 7.90. The third kappa shape index (κ3) is 6.80. The van der Waals surface area contributed by atoms with Crippen LogP contribution < -0.4 is 4.90 Å². The van der Waals surface area contributed by atoms with Crippen molar-refractivity contribution in [2.75, 3.05) is 4.90 Å². The smallest absolute Gasteiger partial charge is 0.0462 e. The van der Waals surface area contributed by atoms with E-state index < -0.39 is 0 Å². The Morgan fingerprint density at radius 3 is 1.07 bits per heavy atom. The van der Waals surface area contributed by atoms with Crippen LogP contribution in [0.25, 0.3) is 22.3 Å². The van der Waals surface area contributed by atoms with Crippen molar-refractivity contribution in [1.82, 2.24) is 0 Å². The molecule has 0 N–H and O–H groups in total. The van der Waals surface area contributed by atoms with E-state index in [0.29, 0.717) is 5.41 Å². The van der Waals surface area contributed by atoms with Crippen LogP contribution in [0.5, 0.6) is 0 Å². The fourth-order valence-electron chi connectivity index (χ4n) is 6.03. The molecule has 0 aliphatic rings. The number of aryl methyl sites for hydroxylation is 2. The van der Waals surface area contributed by atoms with Crippen LogP contribution in [0.15, 0.2) is 121 Å². The number of nitrogens with zero attached hydrogens (tertiary/aromatic N) is 1. The van der Waals surface area contributed by atoms with Crippen LogP contribution in [0.4, 0.5) is 17.1 Å². The van der Waals surface area contributed by atoms with Gasteiger partial charge in [0.15, 0.2) is 0 Å². The minimum absolute atomic E-state index is 0.143. The van der Waals surface area contributed by atoms with E-state index in [1.165, 1.54) is 38.9 Å². The standard InChI is InChI=1S/C40H43N/c1-29-8-12-31(13-9-29)33-16-24-37(25-17-33)41(36-22-10-30(2)11-23-36)38-26-18-34(19-27-38)32-14-20-35(21-15-32)40(6,7)28-39(3,4)5/h8-27H,28H2,1-7H3. The number of benzene rings is 5. The summed E-state index contributed by atoms with van der Waals surface area (Å²) in [5.41, 5.74) is 12.7. The lowest BCUT2D eigenvalue weighted by Gasteiger charge is -2.33. The minimum Gasteiger partial charge on any atom is -0.311 e. The molecular weight excluding hydrogens is 494 g/mol. The fourth-order valence-corrected chi connectivity index (χ4v) is 6.03. The van der Waals surface area contributed by atoms with Crippen molar-refractivity contribution < 1.29 is 0 Å². The van der Waals surface area contributed by atoms with Gasteiger partial charge in [0.1, 0.15) is 0 Å². The fraction of sp³-hybridized carbons (Fsp3) is 0.250. The van der Waals surface area contributed by atoms with Crippen molar-refractivity contribution in [2.45, 2.75) is 60.3 Å². The SMILES string of the molecule is Cc1ccc(-c2ccc(N(c3ccc(C)cc3)c3ccc(-c4ccc(C(C)(C)CC(C)(C)C)cc4)cc3)cc2)cc1. The maximum atomic E-state index is 2.36. The van der Waals surface area contributed by atoms with Crippen molar-refractivity contribution in [3.63, 3.8) is 0 Å². The van der Waals surface area contributed by atoms with E-state index in [1.807, 2.05) is 0 Å². The molecule has 0 amide bonds. The highest BCUT2D eigenvalue weighted by atomic mass is 15.1. The van der Waals surface area contributed by atoms with Crippen LogP contribution in [0.3, 0.4) is 0 Å². The second-order valence-corrected chi connectivity index (χ2v) is 13.3. The van der Waals surface area contributed by atoms with E-state index in [4.69, 9.17) is 0 Å². The Morgan fingerprint density at radius 2 is 0.707 bits per heavy atom. The Hall–Kier alpha value is -4.10. The highest BCUT2D eigenvalue weighted by Crippen LogP contribution is 2.39. The van der Waals surface area contributed by atoms with Crippen LogP contribution >= 0.6 is 0 Å². The molecule has 0 aromatic heterocycles. The molecule has 0 radical (unpaired) electrons. The predicted molar refractivity (Wildman–Crippen MR) is 179 cm³/mol. The Labute approximate surface area is 247 Å². The van der Waals surface area contributed by atoms with Gasteiger partial charge in [-0.25, -0.2) is 0 Å². The zero-order chi connectivity index (χ0) is 29.2. The summed E-state index contributed by atoms with van der Waals surface area (Å²) in [4.78, 5) is 2.33. The molecule has 5 aromatic carbocycles. The van der Waals surface area contributed by atoms with Crippen molar-refractivity contribution in [3.05, 3.63) is 138 Å². The van der Waals surface area contributed by atoms with Crippen molar-refractivity contribution in [3.8, 4) is 22.3 Å². The van der Waals surface area contributed by atoms with Gasteiger partial charge in [-0.3, -0.25) is 0 Å².